The predicted molar refractivity (Wildman–Crippen MR) is 122 cm³/mol. The van der Waals surface area contributed by atoms with Crippen molar-refractivity contribution in [2.24, 2.45) is 17.2 Å². The van der Waals surface area contributed by atoms with Crippen LogP contribution in [0.25, 0.3) is 0 Å². The highest BCUT2D eigenvalue weighted by Gasteiger charge is 2.25. The van der Waals surface area contributed by atoms with Gasteiger partial charge in [0.1, 0.15) is 24.7 Å². The third kappa shape index (κ3) is 16.3. The van der Waals surface area contributed by atoms with Gasteiger partial charge < -0.3 is 58.2 Å². The molecule has 0 fully saturated rings. The van der Waals surface area contributed by atoms with Gasteiger partial charge in [-0.2, -0.15) is 0 Å². The molecule has 0 aliphatic heterocycles. The fraction of sp³-hybridized carbons (Fsp3) is 0.632. The summed E-state index contributed by atoms with van der Waals surface area (Å²) in [6, 6.07) is -5.01. The first-order chi connectivity index (χ1) is 17.4. The van der Waals surface area contributed by atoms with Gasteiger partial charge in [-0.3, -0.25) is 28.8 Å². The number of rotatable bonds is 20. The van der Waals surface area contributed by atoms with Crippen molar-refractivity contribution >= 4 is 41.5 Å². The molecule has 0 radical (unpaired) electrons. The summed E-state index contributed by atoms with van der Waals surface area (Å²) in [4.78, 5) is 80.1. The number of hydrogen-bond acceptors (Lipinski definition) is 10. The Labute approximate surface area is 210 Å². The van der Waals surface area contributed by atoms with Gasteiger partial charge in [0, 0.05) is 13.0 Å². The Morgan fingerprint density at radius 3 is 1.92 bits per heavy atom. The highest BCUT2D eigenvalue weighted by atomic mass is 16.5. The molecule has 7 amide bonds. The largest absolute Gasteiger partial charge is 0.481 e. The lowest BCUT2D eigenvalue weighted by Gasteiger charge is -2.20. The number of aliphatic carboxylic acids is 1. The molecule has 0 aromatic rings. The van der Waals surface area contributed by atoms with Gasteiger partial charge in [0.2, 0.25) is 29.5 Å². The summed E-state index contributed by atoms with van der Waals surface area (Å²) in [6.45, 7) is -1.10. The Bertz CT molecular complexity index is 824. The number of carboxylic acids is 1. The van der Waals surface area contributed by atoms with Crippen LogP contribution in [0.3, 0.4) is 0 Å². The number of ether oxygens (including phenoxy) is 2. The van der Waals surface area contributed by atoms with Crippen LogP contribution in [-0.2, 0) is 38.2 Å². The summed E-state index contributed by atoms with van der Waals surface area (Å²) in [7, 11) is 0. The topological polar surface area (TPSA) is 305 Å². The van der Waals surface area contributed by atoms with Crippen LogP contribution < -0.4 is 38.5 Å². The maximum atomic E-state index is 12.4. The minimum absolute atomic E-state index is 0.00420. The predicted octanol–water partition coefficient (Wildman–Crippen LogP) is -5.64. The molecular formula is C19H33N7O11. The molecule has 12 N–H and O–H groups in total. The number of amides is 7. The Morgan fingerprint density at radius 1 is 0.784 bits per heavy atom. The van der Waals surface area contributed by atoms with Gasteiger partial charge in [0.05, 0.1) is 32.8 Å². The molecule has 0 bridgehead atoms. The zero-order valence-corrected chi connectivity index (χ0v) is 19.9. The van der Waals surface area contributed by atoms with E-state index in [2.05, 4.69) is 21.3 Å². The second kappa shape index (κ2) is 18.3. The fourth-order valence-corrected chi connectivity index (χ4v) is 2.52. The molecule has 37 heavy (non-hydrogen) atoms. The SMILES string of the molecule is NC(=O)CC(NC(=O)NC(CCC(=O)O)C(=O)NCCOCCOCC(=O)NC(CO)C(N)=O)C(N)=O. The maximum absolute atomic E-state index is 12.4. The number of carbonyl (C=O) groups is 7. The van der Waals surface area contributed by atoms with E-state index in [-0.39, 0.29) is 32.8 Å². The number of hydrogen-bond donors (Lipinski definition) is 9. The van der Waals surface area contributed by atoms with Gasteiger partial charge in [-0.1, -0.05) is 0 Å². The van der Waals surface area contributed by atoms with Crippen LogP contribution in [0, 0.1) is 0 Å². The Hall–Kier alpha value is -4.03. The molecule has 0 aromatic heterocycles. The van der Waals surface area contributed by atoms with Gasteiger partial charge in [0.25, 0.3) is 0 Å². The molecule has 0 aromatic carbocycles. The smallest absolute Gasteiger partial charge is 0.316 e. The molecular weight excluding hydrogens is 502 g/mol. The van der Waals surface area contributed by atoms with Crippen molar-refractivity contribution in [3.8, 4) is 0 Å². The highest BCUT2D eigenvalue weighted by Crippen LogP contribution is 1.99. The lowest BCUT2D eigenvalue weighted by Crippen LogP contribution is -2.55. The Kier molecular flexibility index (Phi) is 16.3. The second-order valence-corrected chi connectivity index (χ2v) is 7.39. The van der Waals surface area contributed by atoms with Crippen molar-refractivity contribution in [1.29, 1.82) is 0 Å². The molecule has 0 spiro atoms. The number of nitrogens with one attached hydrogen (secondary N) is 4. The van der Waals surface area contributed by atoms with Crippen LogP contribution in [0.2, 0.25) is 0 Å². The van der Waals surface area contributed by atoms with E-state index in [9.17, 15) is 33.6 Å². The summed E-state index contributed by atoms with van der Waals surface area (Å²) in [5.74, 6) is -5.49. The molecule has 18 heteroatoms. The van der Waals surface area contributed by atoms with E-state index >= 15 is 0 Å². The normalized spacial score (nSPS) is 12.9. The Morgan fingerprint density at radius 2 is 1.38 bits per heavy atom. The van der Waals surface area contributed by atoms with Crippen molar-refractivity contribution in [2.45, 2.75) is 37.4 Å². The van der Waals surface area contributed by atoms with E-state index in [4.69, 9.17) is 36.9 Å². The first kappa shape index (κ1) is 33.0. The molecule has 210 valence electrons. The highest BCUT2D eigenvalue weighted by molar-refractivity contribution is 5.92. The standard InChI is InChI=1S/C19H33N7O11/c20-13(28)7-11(16(21)32)26-19(35)25-10(1-2-15(30)31)18(34)23-3-4-36-5-6-37-9-14(29)24-12(8-27)17(22)33/h10-12,27H,1-9H2,(H2,20,28)(H2,21,32)(H2,22,33)(H,23,34)(H,24,29)(H,30,31)(H2,25,26,35). The van der Waals surface area contributed by atoms with Crippen molar-refractivity contribution in [1.82, 2.24) is 21.3 Å². The van der Waals surface area contributed by atoms with E-state index in [0.717, 1.165) is 0 Å². The summed E-state index contributed by atoms with van der Waals surface area (Å²) >= 11 is 0. The average Bonchev–Trinajstić information content (AvgIpc) is 2.80. The molecule has 3 atom stereocenters. The molecule has 0 rings (SSSR count). The van der Waals surface area contributed by atoms with Gasteiger partial charge in [0.15, 0.2) is 0 Å². The van der Waals surface area contributed by atoms with Crippen LogP contribution in [0.1, 0.15) is 19.3 Å². The van der Waals surface area contributed by atoms with E-state index in [1.807, 2.05) is 0 Å². The number of aliphatic hydroxyl groups excluding tert-OH is 1. The fourth-order valence-electron chi connectivity index (χ4n) is 2.52. The molecule has 0 aliphatic rings. The van der Waals surface area contributed by atoms with Crippen molar-refractivity contribution in [3.05, 3.63) is 0 Å². The monoisotopic (exact) mass is 535 g/mol. The van der Waals surface area contributed by atoms with Crippen LogP contribution >= 0.6 is 0 Å². The van der Waals surface area contributed by atoms with E-state index in [0.29, 0.717) is 0 Å². The maximum Gasteiger partial charge on any atom is 0.316 e. The number of carbonyl (C=O) groups excluding carboxylic acids is 6. The van der Waals surface area contributed by atoms with E-state index in [1.54, 1.807) is 0 Å². The van der Waals surface area contributed by atoms with E-state index in [1.165, 1.54) is 0 Å². The number of nitrogens with two attached hydrogens (primary N) is 3. The van der Waals surface area contributed by atoms with Crippen LogP contribution in [0.5, 0.6) is 0 Å². The third-order valence-corrected chi connectivity index (χ3v) is 4.33. The number of primary amides is 3. The summed E-state index contributed by atoms with van der Waals surface area (Å²) in [5.41, 5.74) is 15.0. The van der Waals surface area contributed by atoms with Gasteiger partial charge >= 0.3 is 12.0 Å². The van der Waals surface area contributed by atoms with Gasteiger partial charge in [-0.15, -0.1) is 0 Å². The summed E-state index contributed by atoms with van der Waals surface area (Å²) in [6.07, 6.45) is -1.31. The number of aliphatic hydroxyl groups is 1. The van der Waals surface area contributed by atoms with Crippen molar-refractivity contribution < 1.29 is 53.2 Å². The number of carboxylic acid groups (broad SMARTS) is 1. The van der Waals surface area contributed by atoms with Gasteiger partial charge in [-0.25, -0.2) is 4.79 Å². The zero-order chi connectivity index (χ0) is 28.4. The average molecular weight is 536 g/mol. The summed E-state index contributed by atoms with van der Waals surface area (Å²) in [5, 5.41) is 26.7. The lowest BCUT2D eigenvalue weighted by atomic mass is 10.1. The molecule has 0 aliphatic carbocycles. The molecule has 18 nitrogen and oxygen atoms in total. The minimum Gasteiger partial charge on any atom is -0.481 e. The first-order valence-electron chi connectivity index (χ1n) is 10.9. The quantitative estimate of drug-likeness (QED) is 0.0661. The first-order valence-corrected chi connectivity index (χ1v) is 10.9. The van der Waals surface area contributed by atoms with Crippen molar-refractivity contribution in [3.63, 3.8) is 0 Å². The van der Waals surface area contributed by atoms with Crippen LogP contribution in [0.15, 0.2) is 0 Å². The lowest BCUT2D eigenvalue weighted by molar-refractivity contribution is -0.137. The Balaban J connectivity index is 4.43. The second-order valence-electron chi connectivity index (χ2n) is 7.39. The third-order valence-electron chi connectivity index (χ3n) is 4.33. The van der Waals surface area contributed by atoms with Crippen LogP contribution in [-0.4, -0.2) is 109 Å². The summed E-state index contributed by atoms with van der Waals surface area (Å²) < 4.78 is 10.2. The van der Waals surface area contributed by atoms with Crippen molar-refractivity contribution in [2.75, 3.05) is 39.6 Å². The number of urea groups is 1. The van der Waals surface area contributed by atoms with E-state index < -0.39 is 85.7 Å². The van der Waals surface area contributed by atoms with Gasteiger partial charge in [-0.05, 0) is 6.42 Å². The molecule has 0 heterocycles. The molecule has 0 saturated carbocycles. The van der Waals surface area contributed by atoms with Crippen LogP contribution in [0.4, 0.5) is 4.79 Å². The zero-order valence-electron chi connectivity index (χ0n) is 19.9. The minimum atomic E-state index is -1.43. The molecule has 3 unspecified atom stereocenters. The molecule has 0 saturated heterocycles.